The maximum atomic E-state index is 11.6. The highest BCUT2D eigenvalue weighted by Gasteiger charge is 2.02. The van der Waals surface area contributed by atoms with Crippen molar-refractivity contribution in [1.29, 1.82) is 0 Å². The Labute approximate surface area is 262 Å². The van der Waals surface area contributed by atoms with Crippen molar-refractivity contribution in [2.24, 2.45) is 0 Å². The first-order valence-corrected chi connectivity index (χ1v) is 15.2. The van der Waals surface area contributed by atoms with Gasteiger partial charge in [-0.1, -0.05) is 36.4 Å². The molecule has 0 aliphatic rings. The molecule has 0 atom stereocenters. The van der Waals surface area contributed by atoms with E-state index in [4.69, 9.17) is 52.1 Å². The number of carbonyl (C=O) groups excluding carboxylic acids is 1. The average molecular weight is 632 g/mol. The Morgan fingerprint density at radius 3 is 1.23 bits per heavy atom. The quantitative estimate of drug-likeness (QED) is 0.0885. The molecule has 0 saturated heterocycles. The van der Waals surface area contributed by atoms with E-state index in [1.54, 1.807) is 6.08 Å². The maximum absolute atomic E-state index is 11.6. The van der Waals surface area contributed by atoms with Gasteiger partial charge in [0.25, 0.3) is 0 Å². The van der Waals surface area contributed by atoms with E-state index < -0.39 is 6.09 Å². The third-order valence-electron chi connectivity index (χ3n) is 5.31. The summed E-state index contributed by atoms with van der Waals surface area (Å²) < 4.78 is 59.3. The Balaban J connectivity index is 1.64. The number of carbonyl (C=O) groups is 1. The molecule has 13 nitrogen and oxygen atoms in total. The van der Waals surface area contributed by atoms with Gasteiger partial charge in [-0.2, -0.15) is 0 Å². The summed E-state index contributed by atoms with van der Waals surface area (Å²) in [6, 6.07) is 9.51. The molecule has 0 saturated carbocycles. The summed E-state index contributed by atoms with van der Waals surface area (Å²) in [4.78, 5) is 11.6. The Bertz CT molecular complexity index is 744. The van der Waals surface area contributed by atoms with Crippen molar-refractivity contribution in [3.63, 3.8) is 0 Å². The van der Waals surface area contributed by atoms with Crippen LogP contribution in [-0.2, 0) is 58.7 Å². The van der Waals surface area contributed by atoms with Gasteiger partial charge in [-0.05, 0) is 5.56 Å². The largest absolute Gasteiger partial charge is 0.445 e. The fraction of sp³-hybridized carbons (Fsp3) is 0.710. The molecule has 1 aromatic rings. The van der Waals surface area contributed by atoms with Crippen LogP contribution in [0, 0.1) is 0 Å². The lowest BCUT2D eigenvalue weighted by molar-refractivity contribution is -0.0260. The number of benzene rings is 1. The second kappa shape index (κ2) is 33.7. The summed E-state index contributed by atoms with van der Waals surface area (Å²) in [5.74, 6) is 0. The lowest BCUT2D eigenvalue weighted by Gasteiger charge is -2.09. The summed E-state index contributed by atoms with van der Waals surface area (Å²) in [6.45, 7) is 14.1. The van der Waals surface area contributed by atoms with Gasteiger partial charge in [-0.25, -0.2) is 4.79 Å². The predicted molar refractivity (Wildman–Crippen MR) is 163 cm³/mol. The molecule has 13 heteroatoms. The van der Waals surface area contributed by atoms with Crippen molar-refractivity contribution in [3.8, 4) is 0 Å². The van der Waals surface area contributed by atoms with Crippen molar-refractivity contribution >= 4 is 6.09 Å². The summed E-state index contributed by atoms with van der Waals surface area (Å²) in [6.07, 6.45) is 1.24. The first-order valence-electron chi connectivity index (χ1n) is 15.2. The Hall–Kier alpha value is -2.17. The molecule has 0 bridgehead atoms. The van der Waals surface area contributed by atoms with Gasteiger partial charge in [-0.15, -0.1) is 6.58 Å². The normalized spacial score (nSPS) is 11.1. The topological polar surface area (TPSA) is 131 Å². The number of amides is 1. The van der Waals surface area contributed by atoms with Gasteiger partial charge >= 0.3 is 6.09 Å². The Kier molecular flexibility index (Phi) is 30.5. The minimum absolute atomic E-state index is 0.239. The van der Waals surface area contributed by atoms with Gasteiger partial charge in [0.05, 0.1) is 132 Å². The number of nitrogens with one attached hydrogen (secondary N) is 1. The van der Waals surface area contributed by atoms with Crippen LogP contribution in [0.3, 0.4) is 0 Å². The minimum atomic E-state index is -0.468. The van der Waals surface area contributed by atoms with Crippen LogP contribution in [0.25, 0.3) is 0 Å². The zero-order chi connectivity index (χ0) is 31.4. The summed E-state index contributed by atoms with van der Waals surface area (Å²) in [5, 5.41) is 2.64. The minimum Gasteiger partial charge on any atom is -0.445 e. The van der Waals surface area contributed by atoms with E-state index in [1.165, 1.54) is 0 Å². The molecule has 1 amide bonds. The molecule has 0 radical (unpaired) electrons. The number of alkyl carbamates (subject to hydrolysis) is 1. The van der Waals surface area contributed by atoms with Crippen LogP contribution < -0.4 is 5.32 Å². The SMILES string of the molecule is C=CCOCCOCCOCCOCCOCCOCCOCCOCCOCCOCCNC(=O)OCc1ccccc1. The van der Waals surface area contributed by atoms with Gasteiger partial charge in [-0.3, -0.25) is 0 Å². The molecule has 1 rings (SSSR count). The number of ether oxygens (including phenoxy) is 11. The van der Waals surface area contributed by atoms with Crippen molar-refractivity contribution in [2.75, 3.05) is 139 Å². The predicted octanol–water partition coefficient (Wildman–Crippen LogP) is 2.26. The lowest BCUT2D eigenvalue weighted by atomic mass is 10.2. The lowest BCUT2D eigenvalue weighted by Crippen LogP contribution is -2.28. The van der Waals surface area contributed by atoms with Gasteiger partial charge in [0.1, 0.15) is 6.61 Å². The molecule has 0 aliphatic carbocycles. The van der Waals surface area contributed by atoms with Crippen molar-refractivity contribution in [3.05, 3.63) is 48.6 Å². The monoisotopic (exact) mass is 631 g/mol. The van der Waals surface area contributed by atoms with E-state index in [0.29, 0.717) is 139 Å². The van der Waals surface area contributed by atoms with Crippen molar-refractivity contribution < 1.29 is 56.9 Å². The molecule has 0 heterocycles. The molecule has 254 valence electrons. The maximum Gasteiger partial charge on any atom is 0.407 e. The smallest absolute Gasteiger partial charge is 0.407 e. The highest BCUT2D eigenvalue weighted by atomic mass is 16.6. The molecular formula is C31H53NO12. The highest BCUT2D eigenvalue weighted by Crippen LogP contribution is 2.00. The molecule has 1 aromatic carbocycles. The Morgan fingerprint density at radius 1 is 0.523 bits per heavy atom. The average Bonchev–Trinajstić information content (AvgIpc) is 3.04. The van der Waals surface area contributed by atoms with E-state index in [0.717, 1.165) is 5.56 Å². The van der Waals surface area contributed by atoms with E-state index in [1.807, 2.05) is 30.3 Å². The van der Waals surface area contributed by atoms with E-state index >= 15 is 0 Å². The number of hydrogen-bond donors (Lipinski definition) is 1. The summed E-state index contributed by atoms with van der Waals surface area (Å²) in [5.41, 5.74) is 0.938. The first-order chi connectivity index (χ1) is 21.8. The second-order valence-corrected chi connectivity index (χ2v) is 8.86. The molecule has 44 heavy (non-hydrogen) atoms. The molecule has 0 fully saturated rings. The highest BCUT2D eigenvalue weighted by molar-refractivity contribution is 5.67. The summed E-state index contributed by atoms with van der Waals surface area (Å²) in [7, 11) is 0. The van der Waals surface area contributed by atoms with Crippen LogP contribution in [0.15, 0.2) is 43.0 Å². The zero-order valence-electron chi connectivity index (χ0n) is 26.1. The third kappa shape index (κ3) is 29.9. The molecule has 0 spiro atoms. The molecule has 1 N–H and O–H groups in total. The third-order valence-corrected chi connectivity index (χ3v) is 5.31. The number of rotatable bonds is 34. The van der Waals surface area contributed by atoms with Crippen molar-refractivity contribution in [1.82, 2.24) is 5.32 Å². The number of hydrogen-bond acceptors (Lipinski definition) is 12. The van der Waals surface area contributed by atoms with Crippen molar-refractivity contribution in [2.45, 2.75) is 6.61 Å². The summed E-state index contributed by atoms with van der Waals surface area (Å²) >= 11 is 0. The van der Waals surface area contributed by atoms with E-state index in [9.17, 15) is 4.79 Å². The van der Waals surface area contributed by atoms with Crippen LogP contribution in [0.1, 0.15) is 5.56 Å². The van der Waals surface area contributed by atoms with E-state index in [2.05, 4.69) is 11.9 Å². The van der Waals surface area contributed by atoms with Gasteiger partial charge < -0.3 is 57.4 Å². The van der Waals surface area contributed by atoms with Crippen LogP contribution >= 0.6 is 0 Å². The van der Waals surface area contributed by atoms with Crippen LogP contribution in [-0.4, -0.2) is 145 Å². The zero-order valence-corrected chi connectivity index (χ0v) is 26.1. The van der Waals surface area contributed by atoms with Crippen LogP contribution in [0.2, 0.25) is 0 Å². The standard InChI is InChI=1S/C31H53NO12/c1-2-9-34-11-13-36-15-17-38-19-21-40-23-25-42-27-28-43-26-24-41-22-20-39-18-16-37-14-12-35-10-8-32-31(33)44-29-30-6-4-3-5-7-30/h2-7H,1,8-29H2,(H,32,33). The molecule has 0 aliphatic heterocycles. The molecular weight excluding hydrogens is 578 g/mol. The Morgan fingerprint density at radius 2 is 0.864 bits per heavy atom. The van der Waals surface area contributed by atoms with Crippen LogP contribution in [0.5, 0.6) is 0 Å². The molecule has 0 unspecified atom stereocenters. The second-order valence-electron chi connectivity index (χ2n) is 8.86. The fourth-order valence-corrected chi connectivity index (χ4v) is 3.15. The van der Waals surface area contributed by atoms with Gasteiger partial charge in [0.2, 0.25) is 0 Å². The first kappa shape index (κ1) is 39.9. The van der Waals surface area contributed by atoms with Crippen LogP contribution in [0.4, 0.5) is 4.79 Å². The van der Waals surface area contributed by atoms with Gasteiger partial charge in [0.15, 0.2) is 0 Å². The van der Waals surface area contributed by atoms with Gasteiger partial charge in [0, 0.05) is 6.54 Å². The van der Waals surface area contributed by atoms with E-state index in [-0.39, 0.29) is 6.61 Å². The molecule has 0 aromatic heterocycles. The fourth-order valence-electron chi connectivity index (χ4n) is 3.15.